The van der Waals surface area contributed by atoms with Crippen molar-refractivity contribution in [2.75, 3.05) is 0 Å². The maximum absolute atomic E-state index is 11.6. The van der Waals surface area contributed by atoms with Gasteiger partial charge in [0, 0.05) is 22.8 Å². The molecule has 19 heavy (non-hydrogen) atoms. The fourth-order valence-corrected chi connectivity index (χ4v) is 2.03. The average molecular weight is 308 g/mol. The highest BCUT2D eigenvalue weighted by Gasteiger charge is 2.21. The van der Waals surface area contributed by atoms with E-state index >= 15 is 0 Å². The molecule has 0 radical (unpaired) electrons. The van der Waals surface area contributed by atoms with Gasteiger partial charge in [0.05, 0.1) is 21.5 Å². The van der Waals surface area contributed by atoms with E-state index in [0.717, 1.165) is 18.2 Å². The van der Waals surface area contributed by atoms with Gasteiger partial charge in [-0.2, -0.15) is 0 Å². The summed E-state index contributed by atoms with van der Waals surface area (Å²) in [6, 6.07) is 2.63. The van der Waals surface area contributed by atoms with Gasteiger partial charge in [0.25, 0.3) is 14.7 Å². The van der Waals surface area contributed by atoms with Crippen LogP contribution in [0.1, 0.15) is 24.2 Å². The lowest BCUT2D eigenvalue weighted by Crippen LogP contribution is -2.12. The third-order valence-corrected chi connectivity index (χ3v) is 3.30. The smallest absolute Gasteiger partial charge is 0.338 e. The average Bonchev–Trinajstić information content (AvgIpc) is 2.26. The number of rotatable bonds is 4. The fraction of sp³-hybridized carbons (Fsp3) is 0.300. The molecule has 0 atom stereocenters. The highest BCUT2D eigenvalue weighted by atomic mass is 35.7. The van der Waals surface area contributed by atoms with Crippen molar-refractivity contribution in [3.8, 4) is 0 Å². The van der Waals surface area contributed by atoms with Gasteiger partial charge < -0.3 is 4.74 Å². The molecule has 0 spiro atoms. The molecule has 9 heteroatoms. The number of non-ortho nitro benzene ring substituents is 1. The summed E-state index contributed by atoms with van der Waals surface area (Å²) < 4.78 is 27.2. The summed E-state index contributed by atoms with van der Waals surface area (Å²) in [4.78, 5) is 21.0. The van der Waals surface area contributed by atoms with Crippen LogP contribution >= 0.6 is 10.7 Å². The molecule has 0 aliphatic heterocycles. The summed E-state index contributed by atoms with van der Waals surface area (Å²) >= 11 is 0. The maximum Gasteiger partial charge on any atom is 0.338 e. The first kappa shape index (κ1) is 15.4. The number of carbonyl (C=O) groups is 1. The largest absolute Gasteiger partial charge is 0.459 e. The van der Waals surface area contributed by atoms with Crippen LogP contribution in [-0.4, -0.2) is 25.4 Å². The van der Waals surface area contributed by atoms with E-state index in [1.165, 1.54) is 0 Å². The zero-order chi connectivity index (χ0) is 14.8. The van der Waals surface area contributed by atoms with E-state index in [0.29, 0.717) is 0 Å². The summed E-state index contributed by atoms with van der Waals surface area (Å²) in [5.41, 5.74) is -0.806. The second-order valence-electron chi connectivity index (χ2n) is 3.86. The molecule has 1 rings (SSSR count). The van der Waals surface area contributed by atoms with Crippen LogP contribution < -0.4 is 0 Å². The Labute approximate surface area is 113 Å². The standard InChI is InChI=1S/C10H10ClNO6S/c1-6(2)18-10(13)7-3-8(12(14)15)5-9(4-7)19(11,16)17/h3-6H,1-2H3. The van der Waals surface area contributed by atoms with Crippen LogP contribution in [0.15, 0.2) is 23.1 Å². The first-order chi connectivity index (χ1) is 8.61. The Morgan fingerprint density at radius 3 is 2.37 bits per heavy atom. The topological polar surface area (TPSA) is 104 Å². The molecule has 0 saturated heterocycles. The number of nitrogens with zero attached hydrogens (tertiary/aromatic N) is 1. The number of nitro groups is 1. The van der Waals surface area contributed by atoms with Gasteiger partial charge in [-0.3, -0.25) is 10.1 Å². The van der Waals surface area contributed by atoms with E-state index in [1.807, 2.05) is 0 Å². The minimum absolute atomic E-state index is 0.248. The molecular weight excluding hydrogens is 298 g/mol. The maximum atomic E-state index is 11.6. The first-order valence-corrected chi connectivity index (χ1v) is 7.37. The minimum Gasteiger partial charge on any atom is -0.459 e. The lowest BCUT2D eigenvalue weighted by atomic mass is 10.2. The highest BCUT2D eigenvalue weighted by molar-refractivity contribution is 8.13. The normalized spacial score (nSPS) is 11.4. The first-order valence-electron chi connectivity index (χ1n) is 5.06. The number of hydrogen-bond acceptors (Lipinski definition) is 6. The van der Waals surface area contributed by atoms with Crippen molar-refractivity contribution in [2.45, 2.75) is 24.8 Å². The van der Waals surface area contributed by atoms with E-state index in [4.69, 9.17) is 15.4 Å². The molecule has 1 aromatic rings. The molecule has 104 valence electrons. The molecule has 0 N–H and O–H groups in total. The van der Waals surface area contributed by atoms with Crippen molar-refractivity contribution in [1.82, 2.24) is 0 Å². The zero-order valence-corrected chi connectivity index (χ0v) is 11.6. The van der Waals surface area contributed by atoms with Crippen molar-refractivity contribution in [2.24, 2.45) is 0 Å². The molecule has 0 aromatic heterocycles. The number of hydrogen-bond donors (Lipinski definition) is 0. The number of esters is 1. The van der Waals surface area contributed by atoms with Crippen molar-refractivity contribution in [3.05, 3.63) is 33.9 Å². The van der Waals surface area contributed by atoms with Gasteiger partial charge in [0.2, 0.25) is 0 Å². The predicted octanol–water partition coefficient (Wildman–Crippen LogP) is 2.09. The molecular formula is C10H10ClNO6S. The Morgan fingerprint density at radius 2 is 1.95 bits per heavy atom. The van der Waals surface area contributed by atoms with E-state index in [-0.39, 0.29) is 5.56 Å². The molecule has 0 fully saturated rings. The Kier molecular flexibility index (Phi) is 4.48. The highest BCUT2D eigenvalue weighted by Crippen LogP contribution is 2.24. The molecule has 0 aliphatic rings. The number of carbonyl (C=O) groups excluding carboxylic acids is 1. The molecule has 0 heterocycles. The molecule has 0 amide bonds. The number of ether oxygens (including phenoxy) is 1. The second kappa shape index (κ2) is 5.54. The van der Waals surface area contributed by atoms with Crippen LogP contribution in [0.3, 0.4) is 0 Å². The second-order valence-corrected chi connectivity index (χ2v) is 6.43. The lowest BCUT2D eigenvalue weighted by Gasteiger charge is -2.08. The summed E-state index contributed by atoms with van der Waals surface area (Å²) in [5, 5.41) is 10.7. The van der Waals surface area contributed by atoms with Gasteiger partial charge in [0.1, 0.15) is 0 Å². The van der Waals surface area contributed by atoms with Crippen LogP contribution in [0.5, 0.6) is 0 Å². The van der Waals surface area contributed by atoms with Crippen LogP contribution in [0.2, 0.25) is 0 Å². The number of halogens is 1. The Morgan fingerprint density at radius 1 is 1.37 bits per heavy atom. The van der Waals surface area contributed by atoms with Crippen molar-refractivity contribution >= 4 is 31.4 Å². The molecule has 0 bridgehead atoms. The third-order valence-electron chi connectivity index (χ3n) is 1.96. The Hall–Kier alpha value is -1.67. The molecule has 0 unspecified atom stereocenters. The summed E-state index contributed by atoms with van der Waals surface area (Å²) in [6.45, 7) is 3.18. The zero-order valence-electron chi connectivity index (χ0n) is 9.99. The summed E-state index contributed by atoms with van der Waals surface area (Å²) in [5.74, 6) is -0.861. The summed E-state index contributed by atoms with van der Waals surface area (Å²) in [7, 11) is 0.932. The van der Waals surface area contributed by atoms with Crippen LogP contribution in [0, 0.1) is 10.1 Å². The molecule has 0 aliphatic carbocycles. The van der Waals surface area contributed by atoms with Gasteiger partial charge in [-0.1, -0.05) is 0 Å². The van der Waals surface area contributed by atoms with Crippen LogP contribution in [0.4, 0.5) is 5.69 Å². The van der Waals surface area contributed by atoms with Crippen molar-refractivity contribution < 1.29 is 22.9 Å². The van der Waals surface area contributed by atoms with Crippen molar-refractivity contribution in [3.63, 3.8) is 0 Å². The van der Waals surface area contributed by atoms with E-state index < -0.39 is 36.6 Å². The molecule has 1 aromatic carbocycles. The van der Waals surface area contributed by atoms with E-state index in [2.05, 4.69) is 0 Å². The third kappa shape index (κ3) is 4.18. The molecule has 0 saturated carbocycles. The van der Waals surface area contributed by atoms with Gasteiger partial charge in [-0.15, -0.1) is 0 Å². The summed E-state index contributed by atoms with van der Waals surface area (Å²) in [6.07, 6.45) is -0.442. The fourth-order valence-electron chi connectivity index (χ4n) is 1.23. The van der Waals surface area contributed by atoms with E-state index in [9.17, 15) is 23.3 Å². The lowest BCUT2D eigenvalue weighted by molar-refractivity contribution is -0.385. The van der Waals surface area contributed by atoms with Gasteiger partial charge >= 0.3 is 5.97 Å². The SMILES string of the molecule is CC(C)OC(=O)c1cc([N+](=O)[O-])cc(S(=O)(=O)Cl)c1. The van der Waals surface area contributed by atoms with Gasteiger partial charge in [0.15, 0.2) is 0 Å². The van der Waals surface area contributed by atoms with Crippen molar-refractivity contribution in [1.29, 1.82) is 0 Å². The van der Waals surface area contributed by atoms with Crippen LogP contribution in [0.25, 0.3) is 0 Å². The molecule has 7 nitrogen and oxygen atoms in total. The number of benzene rings is 1. The van der Waals surface area contributed by atoms with Gasteiger partial charge in [-0.05, 0) is 19.9 Å². The quantitative estimate of drug-likeness (QED) is 0.365. The van der Waals surface area contributed by atoms with Gasteiger partial charge in [-0.25, -0.2) is 13.2 Å². The number of nitro benzene ring substituents is 1. The predicted molar refractivity (Wildman–Crippen MR) is 66.7 cm³/mol. The Balaban J connectivity index is 3.37. The van der Waals surface area contributed by atoms with Crippen LogP contribution in [-0.2, 0) is 13.8 Å². The van der Waals surface area contributed by atoms with E-state index in [1.54, 1.807) is 13.8 Å². The minimum atomic E-state index is -4.18. The monoisotopic (exact) mass is 307 g/mol. The Bertz CT molecular complexity index is 625.